The lowest BCUT2D eigenvalue weighted by atomic mass is 10.0. The molecule has 186 valence electrons. The summed E-state index contributed by atoms with van der Waals surface area (Å²) in [6, 6.07) is 16.8. The SMILES string of the molecule is N#CCc1c[nH]c2ccc(-c3ccc(C4=NC5(CC5)C(=O)N4CC4CCN(C(=O)C5CC5)C4)cc3)cc12. The third-order valence-electron chi connectivity index (χ3n) is 8.42. The molecule has 4 aliphatic rings. The number of nitrogens with zero attached hydrogens (tertiary/aromatic N) is 4. The van der Waals surface area contributed by atoms with Gasteiger partial charge in [0.15, 0.2) is 0 Å². The molecule has 7 rings (SSSR count). The van der Waals surface area contributed by atoms with E-state index in [1.165, 1.54) is 0 Å². The second-order valence-corrected chi connectivity index (χ2v) is 11.1. The van der Waals surface area contributed by atoms with Crippen LogP contribution in [0, 0.1) is 23.2 Å². The van der Waals surface area contributed by atoms with Gasteiger partial charge in [0, 0.05) is 48.2 Å². The third-order valence-corrected chi connectivity index (χ3v) is 8.42. The molecule has 0 bridgehead atoms. The number of carbonyl (C=O) groups excluding carboxylic acids is 2. The zero-order valence-electron chi connectivity index (χ0n) is 20.7. The lowest BCUT2D eigenvalue weighted by Crippen LogP contribution is -2.40. The Labute approximate surface area is 215 Å². The van der Waals surface area contributed by atoms with E-state index < -0.39 is 5.54 Å². The zero-order chi connectivity index (χ0) is 25.1. The molecule has 2 aliphatic heterocycles. The number of H-pyrrole nitrogens is 1. The van der Waals surface area contributed by atoms with Crippen molar-refractivity contribution in [2.24, 2.45) is 16.8 Å². The molecule has 3 heterocycles. The van der Waals surface area contributed by atoms with Gasteiger partial charge in [-0.3, -0.25) is 19.5 Å². The molecular formula is C30H29N5O2. The lowest BCUT2D eigenvalue weighted by molar-refractivity contribution is -0.131. The van der Waals surface area contributed by atoms with E-state index in [1.807, 2.05) is 16.0 Å². The number of nitriles is 1. The van der Waals surface area contributed by atoms with Crippen LogP contribution in [-0.2, 0) is 16.0 Å². The van der Waals surface area contributed by atoms with Crippen molar-refractivity contribution < 1.29 is 9.59 Å². The molecule has 1 aromatic heterocycles. The second-order valence-electron chi connectivity index (χ2n) is 11.1. The predicted octanol–water partition coefficient (Wildman–Crippen LogP) is 4.28. The first-order chi connectivity index (χ1) is 18.0. The van der Waals surface area contributed by atoms with Gasteiger partial charge in [-0.15, -0.1) is 0 Å². The summed E-state index contributed by atoms with van der Waals surface area (Å²) in [5.41, 5.74) is 4.61. The number of fused-ring (bicyclic) bond motifs is 1. The van der Waals surface area contributed by atoms with Gasteiger partial charge in [-0.1, -0.05) is 30.3 Å². The van der Waals surface area contributed by atoms with Crippen molar-refractivity contribution in [1.29, 1.82) is 5.26 Å². The van der Waals surface area contributed by atoms with Crippen molar-refractivity contribution >= 4 is 28.6 Å². The van der Waals surface area contributed by atoms with Crippen molar-refractivity contribution in [3.63, 3.8) is 0 Å². The summed E-state index contributed by atoms with van der Waals surface area (Å²) < 4.78 is 0. The molecule has 1 spiro atoms. The maximum atomic E-state index is 13.4. The van der Waals surface area contributed by atoms with Crippen molar-refractivity contribution in [2.75, 3.05) is 19.6 Å². The molecule has 1 N–H and O–H groups in total. The van der Waals surface area contributed by atoms with Crippen molar-refractivity contribution in [3.05, 3.63) is 59.8 Å². The molecular weight excluding hydrogens is 462 g/mol. The quantitative estimate of drug-likeness (QED) is 0.558. The predicted molar refractivity (Wildman–Crippen MR) is 141 cm³/mol. The van der Waals surface area contributed by atoms with Crippen molar-refractivity contribution in [1.82, 2.24) is 14.8 Å². The smallest absolute Gasteiger partial charge is 0.256 e. The monoisotopic (exact) mass is 491 g/mol. The van der Waals surface area contributed by atoms with E-state index in [4.69, 9.17) is 10.3 Å². The summed E-state index contributed by atoms with van der Waals surface area (Å²) in [6.07, 6.45) is 6.92. The summed E-state index contributed by atoms with van der Waals surface area (Å²) in [5.74, 6) is 1.74. The summed E-state index contributed by atoms with van der Waals surface area (Å²) >= 11 is 0. The van der Waals surface area contributed by atoms with Gasteiger partial charge in [-0.05, 0) is 66.8 Å². The molecule has 2 aliphatic carbocycles. The van der Waals surface area contributed by atoms with E-state index in [0.717, 1.165) is 84.2 Å². The largest absolute Gasteiger partial charge is 0.361 e. The number of aromatic amines is 1. The fraction of sp³-hybridized carbons (Fsp3) is 0.400. The summed E-state index contributed by atoms with van der Waals surface area (Å²) in [5, 5.41) is 10.2. The van der Waals surface area contributed by atoms with Gasteiger partial charge in [-0.2, -0.15) is 5.26 Å². The van der Waals surface area contributed by atoms with E-state index in [0.29, 0.717) is 24.8 Å². The molecule has 1 unspecified atom stereocenters. The highest BCUT2D eigenvalue weighted by Crippen LogP contribution is 2.46. The van der Waals surface area contributed by atoms with Crippen LogP contribution in [0.5, 0.6) is 0 Å². The maximum absolute atomic E-state index is 13.4. The second kappa shape index (κ2) is 8.31. The molecule has 1 atom stereocenters. The van der Waals surface area contributed by atoms with Crippen LogP contribution in [-0.4, -0.2) is 57.6 Å². The Bertz CT molecular complexity index is 1490. The number of aromatic nitrogens is 1. The number of amides is 2. The first kappa shape index (κ1) is 22.3. The minimum atomic E-state index is -0.549. The van der Waals surface area contributed by atoms with Crippen LogP contribution in [0.25, 0.3) is 22.0 Å². The van der Waals surface area contributed by atoms with Crippen LogP contribution in [0.4, 0.5) is 0 Å². The highest BCUT2D eigenvalue weighted by atomic mass is 16.2. The van der Waals surface area contributed by atoms with Gasteiger partial charge < -0.3 is 9.88 Å². The summed E-state index contributed by atoms with van der Waals surface area (Å²) in [4.78, 5) is 38.0. The Morgan fingerprint density at radius 1 is 1.08 bits per heavy atom. The van der Waals surface area contributed by atoms with Crippen LogP contribution >= 0.6 is 0 Å². The average molecular weight is 492 g/mol. The number of hydrogen-bond donors (Lipinski definition) is 1. The molecule has 3 fully saturated rings. The number of aliphatic imine (C=N–C) groups is 1. The fourth-order valence-corrected chi connectivity index (χ4v) is 5.92. The van der Waals surface area contributed by atoms with Gasteiger partial charge >= 0.3 is 0 Å². The van der Waals surface area contributed by atoms with Crippen LogP contribution in [0.15, 0.2) is 53.7 Å². The van der Waals surface area contributed by atoms with Crippen LogP contribution in [0.1, 0.15) is 43.2 Å². The number of likely N-dealkylation sites (tertiary alicyclic amines) is 1. The molecule has 3 aromatic rings. The molecule has 1 saturated heterocycles. The Morgan fingerprint density at radius 2 is 1.84 bits per heavy atom. The Morgan fingerprint density at radius 3 is 2.57 bits per heavy atom. The highest BCUT2D eigenvalue weighted by molar-refractivity contribution is 6.16. The van der Waals surface area contributed by atoms with Crippen LogP contribution in [0.3, 0.4) is 0 Å². The molecule has 2 aromatic carbocycles. The number of carbonyl (C=O) groups is 2. The molecule has 37 heavy (non-hydrogen) atoms. The molecule has 7 nitrogen and oxygen atoms in total. The standard InChI is InChI=1S/C30H29N5O2/c31-13-9-24-16-32-26-8-7-23(15-25(24)26)20-1-3-21(4-2-20)27-33-30(11-12-30)29(37)35(27)18-19-10-14-34(17-19)28(36)22-5-6-22/h1-4,7-8,15-16,19,22,32H,5-6,9-12,14,17-18H2. The topological polar surface area (TPSA) is 92.6 Å². The van der Waals surface area contributed by atoms with Crippen molar-refractivity contribution in [2.45, 2.75) is 44.1 Å². The number of rotatable bonds is 6. The number of amidine groups is 1. The minimum Gasteiger partial charge on any atom is -0.361 e. The third kappa shape index (κ3) is 3.83. The van der Waals surface area contributed by atoms with E-state index in [2.05, 4.69) is 53.5 Å². The average Bonchev–Trinajstić information content (AvgIpc) is 3.82. The molecule has 7 heteroatoms. The zero-order valence-corrected chi connectivity index (χ0v) is 20.7. The van der Waals surface area contributed by atoms with Gasteiger partial charge in [0.1, 0.15) is 11.4 Å². The van der Waals surface area contributed by atoms with E-state index in [-0.39, 0.29) is 11.8 Å². The summed E-state index contributed by atoms with van der Waals surface area (Å²) in [7, 11) is 0. The van der Waals surface area contributed by atoms with Crippen LogP contribution in [0.2, 0.25) is 0 Å². The molecule has 2 amide bonds. The fourth-order valence-electron chi connectivity index (χ4n) is 5.92. The lowest BCUT2D eigenvalue weighted by Gasteiger charge is -2.23. The van der Waals surface area contributed by atoms with E-state index in [9.17, 15) is 9.59 Å². The van der Waals surface area contributed by atoms with Gasteiger partial charge in [0.25, 0.3) is 5.91 Å². The Hall–Kier alpha value is -3.92. The van der Waals surface area contributed by atoms with Crippen LogP contribution < -0.4 is 0 Å². The van der Waals surface area contributed by atoms with Gasteiger partial charge in [-0.25, -0.2) is 0 Å². The van der Waals surface area contributed by atoms with Gasteiger partial charge in [0.05, 0.1) is 12.5 Å². The van der Waals surface area contributed by atoms with E-state index >= 15 is 0 Å². The summed E-state index contributed by atoms with van der Waals surface area (Å²) in [6.45, 7) is 2.17. The number of benzene rings is 2. The Balaban J connectivity index is 1.12. The highest BCUT2D eigenvalue weighted by Gasteiger charge is 2.57. The van der Waals surface area contributed by atoms with Gasteiger partial charge in [0.2, 0.25) is 5.91 Å². The number of nitrogens with one attached hydrogen (secondary N) is 1. The Kier molecular flexibility index (Phi) is 5.00. The maximum Gasteiger partial charge on any atom is 0.256 e. The van der Waals surface area contributed by atoms with E-state index in [1.54, 1.807) is 0 Å². The molecule has 2 saturated carbocycles. The molecule has 0 radical (unpaired) electrons. The normalized spacial score (nSPS) is 22.1. The van der Waals surface area contributed by atoms with Crippen molar-refractivity contribution in [3.8, 4) is 17.2 Å². The number of hydrogen-bond acceptors (Lipinski definition) is 4. The minimum absolute atomic E-state index is 0.126. The first-order valence-corrected chi connectivity index (χ1v) is 13.3. The first-order valence-electron chi connectivity index (χ1n) is 13.3.